The number of hydrogen-bond acceptors (Lipinski definition) is 6. The van der Waals surface area contributed by atoms with E-state index in [0.29, 0.717) is 42.9 Å². The molecule has 0 amide bonds. The first-order valence-electron chi connectivity index (χ1n) is 8.82. The number of halogens is 3. The third kappa shape index (κ3) is 3.08. The molecule has 1 saturated carbocycles. The number of hydrogen-bond donors (Lipinski definition) is 2. The van der Waals surface area contributed by atoms with Crippen molar-refractivity contribution in [1.82, 2.24) is 9.97 Å². The minimum absolute atomic E-state index is 0.159. The van der Waals surface area contributed by atoms with E-state index in [1.54, 1.807) is 12.3 Å². The molecule has 9 heteroatoms. The fourth-order valence-corrected chi connectivity index (χ4v) is 4.43. The molecule has 2 aromatic heterocycles. The van der Waals surface area contributed by atoms with Crippen LogP contribution in [0.1, 0.15) is 30.2 Å². The second-order valence-corrected chi connectivity index (χ2v) is 7.73. The van der Waals surface area contributed by atoms with Gasteiger partial charge in [-0.2, -0.15) is 13.2 Å². The van der Waals surface area contributed by atoms with Gasteiger partial charge in [0.15, 0.2) is 0 Å². The highest BCUT2D eigenvalue weighted by Crippen LogP contribution is 2.59. The van der Waals surface area contributed by atoms with E-state index < -0.39 is 23.6 Å². The van der Waals surface area contributed by atoms with Crippen molar-refractivity contribution in [3.05, 3.63) is 48.0 Å². The molecular formula is C19H20F3N3O3. The number of anilines is 1. The molecule has 1 saturated heterocycles. The number of aliphatic hydroxyl groups excluding tert-OH is 1. The van der Waals surface area contributed by atoms with Gasteiger partial charge in [0, 0.05) is 36.5 Å². The lowest BCUT2D eigenvalue weighted by molar-refractivity contribution is -0.199. The first-order valence-corrected chi connectivity index (χ1v) is 8.82. The van der Waals surface area contributed by atoms with E-state index in [-0.39, 0.29) is 5.41 Å². The van der Waals surface area contributed by atoms with E-state index >= 15 is 0 Å². The minimum Gasteiger partial charge on any atom is -0.496 e. The van der Waals surface area contributed by atoms with Gasteiger partial charge in [-0.1, -0.05) is 0 Å². The SMILES string of the molecule is COc1ccncc1C(O)C1(O)CC2(CN(c3ccc(C(F)(F)F)nc3)C2)C1. The minimum atomic E-state index is -4.46. The molecule has 150 valence electrons. The number of aromatic nitrogens is 2. The highest BCUT2D eigenvalue weighted by Gasteiger charge is 2.62. The largest absolute Gasteiger partial charge is 0.496 e. The number of pyridine rings is 2. The van der Waals surface area contributed by atoms with Crippen LogP contribution in [0.5, 0.6) is 5.75 Å². The standard InChI is InChI=1S/C19H20F3N3O3/c1-28-14-4-5-23-7-13(14)16(26)18(27)8-17(9-18)10-25(11-17)12-2-3-15(24-6-12)19(20,21)22/h2-7,16,26-27H,8-11H2,1H3. The van der Waals surface area contributed by atoms with Gasteiger partial charge in [0.05, 0.1) is 24.6 Å². The summed E-state index contributed by atoms with van der Waals surface area (Å²) in [5.74, 6) is 0.461. The summed E-state index contributed by atoms with van der Waals surface area (Å²) in [6.45, 7) is 1.19. The van der Waals surface area contributed by atoms with E-state index in [2.05, 4.69) is 9.97 Å². The van der Waals surface area contributed by atoms with E-state index in [1.807, 2.05) is 4.90 Å². The van der Waals surface area contributed by atoms with Crippen molar-refractivity contribution in [3.63, 3.8) is 0 Å². The first-order chi connectivity index (χ1) is 13.2. The summed E-state index contributed by atoms with van der Waals surface area (Å²) in [6.07, 6.45) is -0.549. The van der Waals surface area contributed by atoms with Gasteiger partial charge < -0.3 is 19.8 Å². The topological polar surface area (TPSA) is 78.7 Å². The summed E-state index contributed by atoms with van der Waals surface area (Å²) in [5, 5.41) is 21.5. The van der Waals surface area contributed by atoms with Crippen LogP contribution < -0.4 is 9.64 Å². The molecule has 0 aromatic carbocycles. The molecule has 1 spiro atoms. The van der Waals surface area contributed by atoms with Crippen LogP contribution in [0.3, 0.4) is 0 Å². The van der Waals surface area contributed by atoms with Gasteiger partial charge >= 0.3 is 6.18 Å². The van der Waals surface area contributed by atoms with Gasteiger partial charge in [0.2, 0.25) is 0 Å². The Bertz CT molecular complexity index is 859. The monoisotopic (exact) mass is 395 g/mol. The van der Waals surface area contributed by atoms with Crippen molar-refractivity contribution in [2.45, 2.75) is 30.7 Å². The van der Waals surface area contributed by atoms with Gasteiger partial charge in [-0.3, -0.25) is 4.98 Å². The molecule has 1 unspecified atom stereocenters. The van der Waals surface area contributed by atoms with Crippen molar-refractivity contribution in [2.24, 2.45) is 5.41 Å². The number of aliphatic hydroxyl groups is 2. The molecule has 1 aliphatic heterocycles. The highest BCUT2D eigenvalue weighted by molar-refractivity contribution is 5.50. The van der Waals surface area contributed by atoms with Gasteiger partial charge in [-0.05, 0) is 31.0 Å². The predicted molar refractivity (Wildman–Crippen MR) is 93.8 cm³/mol. The number of ether oxygens (including phenoxy) is 1. The molecule has 3 heterocycles. The maximum absolute atomic E-state index is 12.6. The second kappa shape index (κ2) is 6.31. The van der Waals surface area contributed by atoms with Crippen LogP contribution in [0.2, 0.25) is 0 Å². The van der Waals surface area contributed by atoms with Gasteiger partial charge in [0.25, 0.3) is 0 Å². The molecule has 2 aliphatic rings. The molecule has 2 fully saturated rings. The number of nitrogens with zero attached hydrogens (tertiary/aromatic N) is 3. The molecule has 1 atom stereocenters. The quantitative estimate of drug-likeness (QED) is 0.829. The van der Waals surface area contributed by atoms with Gasteiger partial charge in [0.1, 0.15) is 17.5 Å². The summed E-state index contributed by atoms with van der Waals surface area (Å²) in [5.41, 5.74) is -1.30. The Balaban J connectivity index is 1.39. The summed E-state index contributed by atoms with van der Waals surface area (Å²) >= 11 is 0. The Hall–Kier alpha value is -2.39. The maximum Gasteiger partial charge on any atom is 0.433 e. The molecule has 28 heavy (non-hydrogen) atoms. The van der Waals surface area contributed by atoms with Crippen molar-refractivity contribution in [2.75, 3.05) is 25.1 Å². The summed E-state index contributed by atoms with van der Waals surface area (Å²) < 4.78 is 43.1. The fourth-order valence-electron chi connectivity index (χ4n) is 4.43. The Morgan fingerprint density at radius 2 is 1.89 bits per heavy atom. The van der Waals surface area contributed by atoms with Crippen LogP contribution in [-0.2, 0) is 6.18 Å². The third-order valence-electron chi connectivity index (χ3n) is 5.65. The Kier molecular flexibility index (Phi) is 4.27. The number of methoxy groups -OCH3 is 1. The zero-order valence-electron chi connectivity index (χ0n) is 15.1. The van der Waals surface area contributed by atoms with E-state index in [0.717, 1.165) is 6.07 Å². The average Bonchev–Trinajstić information content (AvgIpc) is 2.62. The summed E-state index contributed by atoms with van der Waals surface area (Å²) in [6, 6.07) is 4.00. The molecule has 2 N–H and O–H groups in total. The molecular weight excluding hydrogens is 375 g/mol. The third-order valence-corrected chi connectivity index (χ3v) is 5.65. The lowest BCUT2D eigenvalue weighted by atomic mass is 9.53. The molecule has 6 nitrogen and oxygen atoms in total. The van der Waals surface area contributed by atoms with Crippen LogP contribution >= 0.6 is 0 Å². The molecule has 2 aromatic rings. The molecule has 0 radical (unpaired) electrons. The predicted octanol–water partition coefficient (Wildman–Crippen LogP) is 2.57. The number of rotatable bonds is 4. The lowest BCUT2D eigenvalue weighted by Gasteiger charge is -2.64. The van der Waals surface area contributed by atoms with Gasteiger partial charge in [-0.15, -0.1) is 0 Å². The Morgan fingerprint density at radius 1 is 1.18 bits per heavy atom. The van der Waals surface area contributed by atoms with E-state index in [1.165, 1.54) is 25.6 Å². The summed E-state index contributed by atoms with van der Waals surface area (Å²) in [4.78, 5) is 9.39. The Labute approximate surface area is 159 Å². The average molecular weight is 395 g/mol. The fraction of sp³-hybridized carbons (Fsp3) is 0.474. The Morgan fingerprint density at radius 3 is 2.46 bits per heavy atom. The number of alkyl halides is 3. The van der Waals surface area contributed by atoms with Crippen molar-refractivity contribution < 1.29 is 28.1 Å². The maximum atomic E-state index is 12.6. The van der Waals surface area contributed by atoms with Crippen molar-refractivity contribution in [1.29, 1.82) is 0 Å². The lowest BCUT2D eigenvalue weighted by Crippen LogP contribution is -2.69. The van der Waals surface area contributed by atoms with Crippen molar-refractivity contribution in [3.8, 4) is 5.75 Å². The van der Waals surface area contributed by atoms with Crippen LogP contribution in [-0.4, -0.2) is 46.0 Å². The summed E-state index contributed by atoms with van der Waals surface area (Å²) in [7, 11) is 1.49. The van der Waals surface area contributed by atoms with E-state index in [9.17, 15) is 23.4 Å². The highest BCUT2D eigenvalue weighted by atomic mass is 19.4. The second-order valence-electron chi connectivity index (χ2n) is 7.73. The van der Waals surface area contributed by atoms with E-state index in [4.69, 9.17) is 4.74 Å². The van der Waals surface area contributed by atoms with Crippen LogP contribution in [0.15, 0.2) is 36.8 Å². The zero-order valence-corrected chi connectivity index (χ0v) is 15.1. The normalized spacial score (nSPS) is 21.0. The molecule has 1 aliphatic carbocycles. The first kappa shape index (κ1) is 18.9. The van der Waals surface area contributed by atoms with Crippen LogP contribution in [0, 0.1) is 5.41 Å². The van der Waals surface area contributed by atoms with Crippen LogP contribution in [0.25, 0.3) is 0 Å². The zero-order chi connectivity index (χ0) is 20.2. The molecule has 4 rings (SSSR count). The van der Waals surface area contributed by atoms with Crippen LogP contribution in [0.4, 0.5) is 18.9 Å². The van der Waals surface area contributed by atoms with Gasteiger partial charge in [-0.25, -0.2) is 4.98 Å². The smallest absolute Gasteiger partial charge is 0.433 e. The van der Waals surface area contributed by atoms with Crippen molar-refractivity contribution >= 4 is 5.69 Å². The molecule has 0 bridgehead atoms.